The molecule has 0 aliphatic carbocycles. The highest BCUT2D eigenvalue weighted by atomic mass is 19.1. The molecule has 27 heavy (non-hydrogen) atoms. The molecular weight excluding hydrogens is 343 g/mol. The number of halogens is 1. The molecule has 0 N–H and O–H groups in total. The maximum Gasteiger partial charge on any atom is 0.266 e. The van der Waals surface area contributed by atoms with Crippen LogP contribution in [0.25, 0.3) is 22.7 Å². The first-order valence-electron chi connectivity index (χ1n) is 8.84. The van der Waals surface area contributed by atoms with Crippen molar-refractivity contribution in [1.82, 2.24) is 9.55 Å². The van der Waals surface area contributed by atoms with E-state index in [0.29, 0.717) is 23.1 Å². The summed E-state index contributed by atoms with van der Waals surface area (Å²) in [7, 11) is 0. The Kier molecular flexibility index (Phi) is 5.04. The van der Waals surface area contributed by atoms with Crippen LogP contribution < -0.4 is 5.56 Å². The minimum atomic E-state index is -0.515. The third-order valence-corrected chi connectivity index (χ3v) is 4.69. The second-order valence-corrected chi connectivity index (χ2v) is 6.58. The third kappa shape index (κ3) is 3.45. The molecule has 1 aromatic heterocycles. The molecule has 0 radical (unpaired) electrons. The SMILES string of the molecule is CCc1nc2cc(F)c(/C=C/C(C)=O)cc2c(=O)n1-c1cccc(C)c1C. The number of allylic oxidation sites excluding steroid dienone is 1. The lowest BCUT2D eigenvalue weighted by molar-refractivity contribution is -0.112. The molecule has 0 fully saturated rings. The molecule has 0 bridgehead atoms. The number of aromatic nitrogens is 2. The largest absolute Gasteiger partial charge is 0.295 e. The van der Waals surface area contributed by atoms with E-state index >= 15 is 0 Å². The molecule has 0 amide bonds. The number of benzene rings is 2. The van der Waals surface area contributed by atoms with E-state index < -0.39 is 5.82 Å². The van der Waals surface area contributed by atoms with Gasteiger partial charge in [-0.15, -0.1) is 0 Å². The summed E-state index contributed by atoms with van der Waals surface area (Å²) >= 11 is 0. The Morgan fingerprint density at radius 2 is 2.00 bits per heavy atom. The zero-order chi connectivity index (χ0) is 19.7. The molecule has 0 spiro atoms. The standard InChI is InChI=1S/C22H21FN2O2/c1-5-21-24-19-12-18(23)16(10-9-14(3)26)11-17(19)22(27)25(21)20-8-6-7-13(2)15(20)4/h6-12H,5H2,1-4H3/b10-9+. The van der Waals surface area contributed by atoms with Gasteiger partial charge in [-0.1, -0.05) is 19.1 Å². The van der Waals surface area contributed by atoms with Gasteiger partial charge in [-0.25, -0.2) is 9.37 Å². The smallest absolute Gasteiger partial charge is 0.266 e. The highest BCUT2D eigenvalue weighted by molar-refractivity contribution is 5.92. The zero-order valence-corrected chi connectivity index (χ0v) is 15.8. The first-order chi connectivity index (χ1) is 12.8. The molecule has 0 atom stereocenters. The fourth-order valence-electron chi connectivity index (χ4n) is 3.07. The number of carbonyl (C=O) groups excluding carboxylic acids is 1. The number of nitrogens with zero attached hydrogens (tertiary/aromatic N) is 2. The first kappa shape index (κ1) is 18.7. The van der Waals surface area contributed by atoms with Crippen LogP contribution in [0.2, 0.25) is 0 Å². The summed E-state index contributed by atoms with van der Waals surface area (Å²) in [6.45, 7) is 7.25. The molecule has 3 aromatic rings. The molecule has 1 heterocycles. The molecule has 0 saturated heterocycles. The van der Waals surface area contributed by atoms with Crippen LogP contribution in [0.15, 0.2) is 41.2 Å². The van der Waals surface area contributed by atoms with Crippen molar-refractivity contribution < 1.29 is 9.18 Å². The maximum atomic E-state index is 14.4. The lowest BCUT2D eigenvalue weighted by Crippen LogP contribution is -2.24. The van der Waals surface area contributed by atoms with E-state index in [-0.39, 0.29) is 16.9 Å². The van der Waals surface area contributed by atoms with E-state index in [1.807, 2.05) is 39.0 Å². The first-order valence-corrected chi connectivity index (χ1v) is 8.84. The topological polar surface area (TPSA) is 52.0 Å². The monoisotopic (exact) mass is 364 g/mol. The van der Waals surface area contributed by atoms with Gasteiger partial charge in [0.15, 0.2) is 5.78 Å². The lowest BCUT2D eigenvalue weighted by atomic mass is 10.1. The van der Waals surface area contributed by atoms with Gasteiger partial charge in [0, 0.05) is 18.1 Å². The summed E-state index contributed by atoms with van der Waals surface area (Å²) in [5.41, 5.74) is 3.10. The van der Waals surface area contributed by atoms with Gasteiger partial charge in [-0.05, 0) is 56.2 Å². The summed E-state index contributed by atoms with van der Waals surface area (Å²) in [5.74, 6) is -0.132. The number of rotatable bonds is 4. The van der Waals surface area contributed by atoms with Gasteiger partial charge in [0.25, 0.3) is 5.56 Å². The Hall–Kier alpha value is -3.08. The number of hydrogen-bond acceptors (Lipinski definition) is 3. The fourth-order valence-corrected chi connectivity index (χ4v) is 3.07. The van der Waals surface area contributed by atoms with E-state index in [1.165, 1.54) is 31.2 Å². The normalized spacial score (nSPS) is 11.4. The molecule has 5 heteroatoms. The second kappa shape index (κ2) is 7.27. The highest BCUT2D eigenvalue weighted by Crippen LogP contribution is 2.21. The predicted octanol–water partition coefficient (Wildman–Crippen LogP) is 4.31. The van der Waals surface area contributed by atoms with Gasteiger partial charge in [0.05, 0.1) is 16.6 Å². The van der Waals surface area contributed by atoms with Crippen LogP contribution in [0.3, 0.4) is 0 Å². The summed E-state index contributed by atoms with van der Waals surface area (Å²) in [4.78, 5) is 29.0. The van der Waals surface area contributed by atoms with E-state index in [0.717, 1.165) is 16.8 Å². The van der Waals surface area contributed by atoms with E-state index in [2.05, 4.69) is 4.98 Å². The van der Waals surface area contributed by atoms with E-state index in [1.54, 1.807) is 4.57 Å². The van der Waals surface area contributed by atoms with Gasteiger partial charge in [0.2, 0.25) is 0 Å². The van der Waals surface area contributed by atoms with E-state index in [4.69, 9.17) is 0 Å². The van der Waals surface area contributed by atoms with Crippen LogP contribution in [0, 0.1) is 19.7 Å². The minimum absolute atomic E-state index is 0.188. The van der Waals surface area contributed by atoms with Crippen molar-refractivity contribution in [3.8, 4) is 5.69 Å². The maximum absolute atomic E-state index is 14.4. The molecule has 4 nitrogen and oxygen atoms in total. The number of fused-ring (bicyclic) bond motifs is 1. The van der Waals surface area contributed by atoms with Gasteiger partial charge in [0.1, 0.15) is 11.6 Å². The van der Waals surface area contributed by atoms with Crippen LogP contribution in [-0.4, -0.2) is 15.3 Å². The van der Waals surface area contributed by atoms with Crippen molar-refractivity contribution in [2.24, 2.45) is 0 Å². The van der Waals surface area contributed by atoms with Crippen LogP contribution in [0.5, 0.6) is 0 Å². The van der Waals surface area contributed by atoms with Gasteiger partial charge in [-0.2, -0.15) is 0 Å². The summed E-state index contributed by atoms with van der Waals surface area (Å²) < 4.78 is 16.0. The second-order valence-electron chi connectivity index (χ2n) is 6.58. The van der Waals surface area contributed by atoms with Crippen molar-refractivity contribution in [2.45, 2.75) is 34.1 Å². The molecule has 0 aliphatic rings. The van der Waals surface area contributed by atoms with Crippen LogP contribution in [-0.2, 0) is 11.2 Å². The van der Waals surface area contributed by atoms with Gasteiger partial charge >= 0.3 is 0 Å². The summed E-state index contributed by atoms with van der Waals surface area (Å²) in [6.07, 6.45) is 3.19. The van der Waals surface area contributed by atoms with Gasteiger partial charge < -0.3 is 0 Å². The Morgan fingerprint density at radius 1 is 1.26 bits per heavy atom. The van der Waals surface area contributed by atoms with Crippen molar-refractivity contribution >= 4 is 22.8 Å². The number of carbonyl (C=O) groups is 1. The fraction of sp³-hybridized carbons (Fsp3) is 0.227. The van der Waals surface area contributed by atoms with Crippen molar-refractivity contribution in [2.75, 3.05) is 0 Å². The molecule has 2 aromatic carbocycles. The summed E-state index contributed by atoms with van der Waals surface area (Å²) in [5, 5.41) is 0.317. The Morgan fingerprint density at radius 3 is 2.67 bits per heavy atom. The Bertz CT molecular complexity index is 1140. The van der Waals surface area contributed by atoms with Crippen LogP contribution in [0.1, 0.15) is 36.4 Å². The van der Waals surface area contributed by atoms with Crippen molar-refractivity contribution in [3.05, 3.63) is 75.1 Å². The van der Waals surface area contributed by atoms with Crippen LogP contribution in [0.4, 0.5) is 4.39 Å². The quantitative estimate of drug-likeness (QED) is 0.649. The van der Waals surface area contributed by atoms with Gasteiger partial charge in [-0.3, -0.25) is 14.2 Å². The number of hydrogen-bond donors (Lipinski definition) is 0. The predicted molar refractivity (Wildman–Crippen MR) is 106 cm³/mol. The van der Waals surface area contributed by atoms with Crippen molar-refractivity contribution in [3.63, 3.8) is 0 Å². The third-order valence-electron chi connectivity index (χ3n) is 4.69. The molecule has 0 saturated carbocycles. The molecule has 0 unspecified atom stereocenters. The average molecular weight is 364 g/mol. The Labute approximate surface area is 157 Å². The van der Waals surface area contributed by atoms with Crippen molar-refractivity contribution in [1.29, 1.82) is 0 Å². The average Bonchev–Trinajstić information content (AvgIpc) is 2.62. The number of aryl methyl sites for hydroxylation is 2. The molecular formula is C22H21FN2O2. The molecule has 3 rings (SSSR count). The minimum Gasteiger partial charge on any atom is -0.295 e. The molecule has 0 aliphatic heterocycles. The van der Waals surface area contributed by atoms with E-state index in [9.17, 15) is 14.0 Å². The highest BCUT2D eigenvalue weighted by Gasteiger charge is 2.15. The summed E-state index contributed by atoms with van der Waals surface area (Å²) in [6, 6.07) is 8.49. The zero-order valence-electron chi connectivity index (χ0n) is 15.8. The Balaban J connectivity index is 2.36. The van der Waals surface area contributed by atoms with Crippen LogP contribution >= 0.6 is 0 Å². The lowest BCUT2D eigenvalue weighted by Gasteiger charge is -2.16. The number of ketones is 1. The molecule has 138 valence electrons.